The number of nitrogens with zero attached hydrogens (tertiary/aromatic N) is 1. The van der Waals surface area contributed by atoms with E-state index < -0.39 is 22.2 Å². The SMILES string of the molecule is COC(=O)/C(=N/OS(=O)(=O)CC1CCCO1)Sc1ccc(C)cc1. The normalized spacial score (nSPS) is 18.4. The lowest BCUT2D eigenvalue weighted by atomic mass is 10.2. The van der Waals surface area contributed by atoms with Crippen molar-refractivity contribution < 1.29 is 27.0 Å². The number of oxime groups is 1. The Morgan fingerprint density at radius 3 is 2.67 bits per heavy atom. The van der Waals surface area contributed by atoms with E-state index in [4.69, 9.17) is 4.74 Å². The summed E-state index contributed by atoms with van der Waals surface area (Å²) in [7, 11) is -2.75. The van der Waals surface area contributed by atoms with Gasteiger partial charge in [-0.3, -0.25) is 4.28 Å². The molecular weight excluding hydrogens is 354 g/mol. The fraction of sp³-hybridized carbons (Fsp3) is 0.467. The van der Waals surface area contributed by atoms with Gasteiger partial charge < -0.3 is 9.47 Å². The van der Waals surface area contributed by atoms with Gasteiger partial charge in [0.1, 0.15) is 5.75 Å². The molecule has 0 saturated carbocycles. The van der Waals surface area contributed by atoms with Gasteiger partial charge in [-0.1, -0.05) is 34.6 Å². The van der Waals surface area contributed by atoms with Crippen LogP contribution >= 0.6 is 11.8 Å². The number of carbonyl (C=O) groups excluding carboxylic acids is 1. The zero-order valence-electron chi connectivity index (χ0n) is 13.4. The van der Waals surface area contributed by atoms with Crippen LogP contribution in [0.25, 0.3) is 0 Å². The van der Waals surface area contributed by atoms with E-state index in [1.165, 1.54) is 7.11 Å². The number of ether oxygens (including phenoxy) is 2. The maximum atomic E-state index is 11.9. The average Bonchev–Trinajstić information content (AvgIpc) is 3.04. The first kappa shape index (κ1) is 18.8. The van der Waals surface area contributed by atoms with E-state index in [9.17, 15) is 13.2 Å². The smallest absolute Gasteiger partial charge is 0.367 e. The summed E-state index contributed by atoms with van der Waals surface area (Å²) in [6.07, 6.45) is 1.09. The molecule has 1 atom stereocenters. The van der Waals surface area contributed by atoms with Gasteiger partial charge in [0, 0.05) is 11.5 Å². The van der Waals surface area contributed by atoms with Gasteiger partial charge in [0.25, 0.3) is 0 Å². The molecule has 1 aliphatic rings. The van der Waals surface area contributed by atoms with Gasteiger partial charge in [-0.25, -0.2) is 4.79 Å². The van der Waals surface area contributed by atoms with Crippen LogP contribution in [-0.2, 0) is 28.7 Å². The van der Waals surface area contributed by atoms with Crippen LogP contribution in [0.1, 0.15) is 18.4 Å². The van der Waals surface area contributed by atoms with Crippen LogP contribution in [0.5, 0.6) is 0 Å². The Hall–Kier alpha value is -1.58. The lowest BCUT2D eigenvalue weighted by molar-refractivity contribution is -0.132. The van der Waals surface area contributed by atoms with E-state index >= 15 is 0 Å². The van der Waals surface area contributed by atoms with E-state index in [1.54, 1.807) is 12.1 Å². The highest BCUT2D eigenvalue weighted by Gasteiger charge is 2.25. The number of hydrogen-bond donors (Lipinski definition) is 0. The summed E-state index contributed by atoms with van der Waals surface area (Å²) in [5.74, 6) is -1.06. The maximum absolute atomic E-state index is 11.9. The largest absolute Gasteiger partial charge is 0.464 e. The second-order valence-electron chi connectivity index (χ2n) is 5.24. The molecule has 1 aromatic carbocycles. The minimum absolute atomic E-state index is 0.197. The summed E-state index contributed by atoms with van der Waals surface area (Å²) < 4.78 is 38.4. The Kier molecular flexibility index (Phi) is 6.64. The molecule has 0 N–H and O–H groups in total. The van der Waals surface area contributed by atoms with Gasteiger partial charge in [-0.2, -0.15) is 8.42 Å². The third-order valence-corrected chi connectivity index (χ3v) is 5.27. The number of methoxy groups -OCH3 is 1. The van der Waals surface area contributed by atoms with Gasteiger partial charge in [-0.05, 0) is 31.9 Å². The topological polar surface area (TPSA) is 91.3 Å². The first-order valence-electron chi connectivity index (χ1n) is 7.33. The quantitative estimate of drug-likeness (QED) is 0.257. The highest BCUT2D eigenvalue weighted by atomic mass is 32.2. The summed E-state index contributed by atoms with van der Waals surface area (Å²) in [4.78, 5) is 12.5. The highest BCUT2D eigenvalue weighted by molar-refractivity contribution is 8.15. The summed E-state index contributed by atoms with van der Waals surface area (Å²) in [6.45, 7) is 2.48. The van der Waals surface area contributed by atoms with E-state index in [1.807, 2.05) is 19.1 Å². The van der Waals surface area contributed by atoms with Crippen LogP contribution in [0.4, 0.5) is 0 Å². The van der Waals surface area contributed by atoms with Gasteiger partial charge in [0.15, 0.2) is 0 Å². The Bertz CT molecular complexity index is 693. The molecule has 2 rings (SSSR count). The number of thioether (sulfide) groups is 1. The summed E-state index contributed by atoms with van der Waals surface area (Å²) >= 11 is 0.968. The van der Waals surface area contributed by atoms with E-state index in [2.05, 4.69) is 14.2 Å². The van der Waals surface area contributed by atoms with Gasteiger partial charge in [0.05, 0.1) is 13.2 Å². The molecule has 0 radical (unpaired) electrons. The van der Waals surface area contributed by atoms with Crippen LogP contribution in [0, 0.1) is 6.92 Å². The summed E-state index contributed by atoms with van der Waals surface area (Å²) in [5, 5.41) is 3.29. The number of carbonyl (C=O) groups is 1. The standard InChI is InChI=1S/C15H19NO6S2/c1-11-5-7-13(8-6-11)23-14(15(17)20-2)16-22-24(18,19)10-12-4-3-9-21-12/h5-8,12H,3-4,9-10H2,1-2H3/b16-14-. The molecule has 0 bridgehead atoms. The average molecular weight is 373 g/mol. The van der Waals surface area contributed by atoms with Crippen molar-refractivity contribution in [2.24, 2.45) is 5.16 Å². The van der Waals surface area contributed by atoms with Crippen LogP contribution in [0.2, 0.25) is 0 Å². The first-order chi connectivity index (χ1) is 11.4. The van der Waals surface area contributed by atoms with Crippen molar-refractivity contribution in [3.63, 3.8) is 0 Å². The second kappa shape index (κ2) is 8.50. The molecule has 1 aromatic rings. The molecule has 1 unspecified atom stereocenters. The molecule has 7 nitrogen and oxygen atoms in total. The maximum Gasteiger partial charge on any atom is 0.367 e. The first-order valence-corrected chi connectivity index (χ1v) is 9.73. The van der Waals surface area contributed by atoms with Crippen LogP contribution in [0.15, 0.2) is 34.3 Å². The van der Waals surface area contributed by atoms with Crippen molar-refractivity contribution >= 4 is 32.9 Å². The molecule has 1 heterocycles. The third kappa shape index (κ3) is 5.81. The Morgan fingerprint density at radius 1 is 1.38 bits per heavy atom. The van der Waals surface area contributed by atoms with E-state index in [0.717, 1.165) is 23.7 Å². The van der Waals surface area contributed by atoms with Crippen molar-refractivity contribution in [1.29, 1.82) is 0 Å². The molecule has 1 saturated heterocycles. The number of esters is 1. The molecule has 1 fully saturated rings. The molecule has 0 aromatic heterocycles. The number of hydrogen-bond acceptors (Lipinski definition) is 8. The van der Waals surface area contributed by atoms with E-state index in [-0.39, 0.29) is 10.8 Å². The summed E-state index contributed by atoms with van der Waals surface area (Å²) in [5.41, 5.74) is 1.06. The monoisotopic (exact) mass is 373 g/mol. The van der Waals surface area contributed by atoms with Gasteiger partial charge >= 0.3 is 16.1 Å². The molecule has 0 aliphatic carbocycles. The number of rotatable bonds is 5. The molecular formula is C15H19NO6S2. The Labute approximate surface area is 145 Å². The van der Waals surface area contributed by atoms with Crippen LogP contribution in [-0.4, -0.2) is 45.0 Å². The van der Waals surface area contributed by atoms with Crippen molar-refractivity contribution in [3.8, 4) is 0 Å². The van der Waals surface area contributed by atoms with Crippen LogP contribution in [0.3, 0.4) is 0 Å². The predicted octanol–water partition coefficient (Wildman–Crippen LogP) is 2.10. The molecule has 24 heavy (non-hydrogen) atoms. The number of aryl methyl sites for hydroxylation is 1. The predicted molar refractivity (Wildman–Crippen MR) is 90.3 cm³/mol. The minimum atomic E-state index is -3.93. The third-order valence-electron chi connectivity index (χ3n) is 3.24. The van der Waals surface area contributed by atoms with Crippen molar-refractivity contribution in [2.75, 3.05) is 19.5 Å². The van der Waals surface area contributed by atoms with Crippen LogP contribution < -0.4 is 0 Å². The Morgan fingerprint density at radius 2 is 2.08 bits per heavy atom. The van der Waals surface area contributed by atoms with E-state index in [0.29, 0.717) is 17.9 Å². The summed E-state index contributed by atoms with van der Waals surface area (Å²) in [6, 6.07) is 7.32. The fourth-order valence-corrected chi connectivity index (χ4v) is 3.78. The lowest BCUT2D eigenvalue weighted by Gasteiger charge is -2.09. The van der Waals surface area contributed by atoms with Gasteiger partial charge in [0.2, 0.25) is 5.04 Å². The Balaban J connectivity index is 2.07. The lowest BCUT2D eigenvalue weighted by Crippen LogP contribution is -2.22. The van der Waals surface area contributed by atoms with Crippen molar-refractivity contribution in [2.45, 2.75) is 30.8 Å². The second-order valence-corrected chi connectivity index (χ2v) is 7.90. The van der Waals surface area contributed by atoms with Gasteiger partial charge in [-0.15, -0.1) is 0 Å². The fourth-order valence-electron chi connectivity index (χ4n) is 2.03. The molecule has 0 amide bonds. The zero-order chi connectivity index (χ0) is 17.6. The highest BCUT2D eigenvalue weighted by Crippen LogP contribution is 2.22. The number of benzene rings is 1. The molecule has 9 heteroatoms. The van der Waals surface area contributed by atoms with Crippen molar-refractivity contribution in [1.82, 2.24) is 0 Å². The van der Waals surface area contributed by atoms with Crippen molar-refractivity contribution in [3.05, 3.63) is 29.8 Å². The zero-order valence-corrected chi connectivity index (χ0v) is 15.1. The minimum Gasteiger partial charge on any atom is -0.464 e. The molecule has 132 valence electrons. The molecule has 0 spiro atoms. The molecule has 1 aliphatic heterocycles.